The second-order valence-corrected chi connectivity index (χ2v) is 9.28. The molecule has 2 rings (SSSR count). The van der Waals surface area contributed by atoms with E-state index in [-0.39, 0.29) is 22.8 Å². The summed E-state index contributed by atoms with van der Waals surface area (Å²) in [4.78, 5) is 15.0. The van der Waals surface area contributed by atoms with Crippen molar-refractivity contribution in [1.29, 1.82) is 0 Å². The SMILES string of the molecule is CC1CCN(C(=O)C(C)c2ccc(S(=O)(=O)N(C)C)cc2)C(CN)C1. The third-order valence-electron chi connectivity index (χ3n) is 5.06. The summed E-state index contributed by atoms with van der Waals surface area (Å²) in [5, 5.41) is 0. The number of nitrogens with zero attached hydrogens (tertiary/aromatic N) is 2. The minimum absolute atomic E-state index is 0.0607. The number of benzene rings is 1. The Morgan fingerprint density at radius 1 is 1.32 bits per heavy atom. The standard InChI is InChI=1S/C18H29N3O3S/c1-13-9-10-21(16(11-13)12-19)18(22)14(2)15-5-7-17(8-6-15)25(23,24)20(3)4/h5-8,13-14,16H,9-12,19H2,1-4H3. The molecule has 6 nitrogen and oxygen atoms in total. The fraction of sp³-hybridized carbons (Fsp3) is 0.611. The van der Waals surface area contributed by atoms with Crippen LogP contribution in [0.4, 0.5) is 0 Å². The molecule has 1 aliphatic heterocycles. The van der Waals surface area contributed by atoms with Gasteiger partial charge in [-0.1, -0.05) is 19.1 Å². The summed E-state index contributed by atoms with van der Waals surface area (Å²) in [6.45, 7) is 5.27. The summed E-state index contributed by atoms with van der Waals surface area (Å²) >= 11 is 0. The van der Waals surface area contributed by atoms with Gasteiger partial charge in [0.25, 0.3) is 0 Å². The zero-order chi connectivity index (χ0) is 18.8. The first-order valence-electron chi connectivity index (χ1n) is 8.71. The highest BCUT2D eigenvalue weighted by atomic mass is 32.2. The molecule has 25 heavy (non-hydrogen) atoms. The first-order valence-corrected chi connectivity index (χ1v) is 10.2. The lowest BCUT2D eigenvalue weighted by Crippen LogP contribution is -2.50. The number of amides is 1. The molecule has 3 atom stereocenters. The zero-order valence-corrected chi connectivity index (χ0v) is 16.3. The van der Waals surface area contributed by atoms with Crippen LogP contribution in [-0.2, 0) is 14.8 Å². The lowest BCUT2D eigenvalue weighted by atomic mass is 9.90. The van der Waals surface area contributed by atoms with Crippen LogP contribution in [0.2, 0.25) is 0 Å². The largest absolute Gasteiger partial charge is 0.338 e. The van der Waals surface area contributed by atoms with Crippen molar-refractivity contribution in [2.45, 2.75) is 43.5 Å². The molecular formula is C18H29N3O3S. The first kappa shape index (κ1) is 19.9. The molecule has 1 heterocycles. The fourth-order valence-electron chi connectivity index (χ4n) is 3.30. The topological polar surface area (TPSA) is 83.7 Å². The number of piperidine rings is 1. The Bertz CT molecular complexity index is 701. The van der Waals surface area contributed by atoms with Crippen molar-refractivity contribution in [3.05, 3.63) is 29.8 Å². The van der Waals surface area contributed by atoms with E-state index in [4.69, 9.17) is 5.73 Å². The molecular weight excluding hydrogens is 338 g/mol. The molecule has 140 valence electrons. The summed E-state index contributed by atoms with van der Waals surface area (Å²) in [6, 6.07) is 6.67. The third kappa shape index (κ3) is 4.22. The number of carbonyl (C=O) groups is 1. The number of hydrogen-bond donors (Lipinski definition) is 1. The third-order valence-corrected chi connectivity index (χ3v) is 6.89. The highest BCUT2D eigenvalue weighted by Crippen LogP contribution is 2.27. The van der Waals surface area contributed by atoms with E-state index in [0.29, 0.717) is 12.5 Å². The highest BCUT2D eigenvalue weighted by Gasteiger charge is 2.32. The molecule has 0 aromatic heterocycles. The second kappa shape index (κ2) is 7.85. The minimum Gasteiger partial charge on any atom is -0.338 e. The molecule has 0 saturated carbocycles. The number of carbonyl (C=O) groups excluding carboxylic acids is 1. The van der Waals surface area contributed by atoms with E-state index in [9.17, 15) is 13.2 Å². The summed E-state index contributed by atoms with van der Waals surface area (Å²) in [5.74, 6) is 0.326. The summed E-state index contributed by atoms with van der Waals surface area (Å²) in [7, 11) is -0.458. The lowest BCUT2D eigenvalue weighted by molar-refractivity contribution is -0.136. The van der Waals surface area contributed by atoms with E-state index >= 15 is 0 Å². The summed E-state index contributed by atoms with van der Waals surface area (Å²) < 4.78 is 25.5. The predicted molar refractivity (Wildman–Crippen MR) is 98.7 cm³/mol. The zero-order valence-electron chi connectivity index (χ0n) is 15.5. The van der Waals surface area contributed by atoms with Crippen molar-refractivity contribution in [3.63, 3.8) is 0 Å². The number of sulfonamides is 1. The van der Waals surface area contributed by atoms with E-state index < -0.39 is 10.0 Å². The van der Waals surface area contributed by atoms with Crippen LogP contribution in [0.15, 0.2) is 29.2 Å². The molecule has 0 spiro atoms. The Hall–Kier alpha value is -1.44. The maximum absolute atomic E-state index is 12.9. The molecule has 3 unspecified atom stereocenters. The fourth-order valence-corrected chi connectivity index (χ4v) is 4.20. The van der Waals surface area contributed by atoms with Crippen LogP contribution in [0.5, 0.6) is 0 Å². The van der Waals surface area contributed by atoms with Gasteiger partial charge in [-0.25, -0.2) is 12.7 Å². The van der Waals surface area contributed by atoms with Crippen LogP contribution in [0, 0.1) is 5.92 Å². The van der Waals surface area contributed by atoms with E-state index in [1.54, 1.807) is 24.3 Å². The van der Waals surface area contributed by atoms with Gasteiger partial charge in [-0.2, -0.15) is 0 Å². The molecule has 1 aromatic rings. The van der Waals surface area contributed by atoms with Crippen molar-refractivity contribution < 1.29 is 13.2 Å². The second-order valence-electron chi connectivity index (χ2n) is 7.13. The van der Waals surface area contributed by atoms with Crippen LogP contribution in [0.25, 0.3) is 0 Å². The molecule has 1 aromatic carbocycles. The van der Waals surface area contributed by atoms with E-state index in [0.717, 1.165) is 24.9 Å². The Morgan fingerprint density at radius 2 is 1.92 bits per heavy atom. The molecule has 0 aliphatic carbocycles. The maximum atomic E-state index is 12.9. The summed E-state index contributed by atoms with van der Waals surface area (Å²) in [6.07, 6.45) is 1.93. The number of hydrogen-bond acceptors (Lipinski definition) is 4. The van der Waals surface area contributed by atoms with E-state index in [2.05, 4.69) is 6.92 Å². The van der Waals surface area contributed by atoms with Gasteiger partial charge < -0.3 is 10.6 Å². The smallest absolute Gasteiger partial charge is 0.242 e. The lowest BCUT2D eigenvalue weighted by Gasteiger charge is -2.39. The normalized spacial score (nSPS) is 22.9. The van der Waals surface area contributed by atoms with Gasteiger partial charge in [-0.3, -0.25) is 4.79 Å². The molecule has 1 saturated heterocycles. The Balaban J connectivity index is 2.17. The average molecular weight is 368 g/mol. The average Bonchev–Trinajstić information content (AvgIpc) is 2.60. The number of nitrogens with two attached hydrogens (primary N) is 1. The van der Waals surface area contributed by atoms with Gasteiger partial charge in [0.15, 0.2) is 0 Å². The molecule has 0 bridgehead atoms. The maximum Gasteiger partial charge on any atom is 0.242 e. The van der Waals surface area contributed by atoms with Gasteiger partial charge in [0.2, 0.25) is 15.9 Å². The van der Waals surface area contributed by atoms with Gasteiger partial charge in [-0.05, 0) is 43.4 Å². The van der Waals surface area contributed by atoms with E-state index in [1.807, 2.05) is 11.8 Å². The molecule has 1 aliphatic rings. The van der Waals surface area contributed by atoms with Crippen LogP contribution in [0.1, 0.15) is 38.2 Å². The number of rotatable bonds is 5. The monoisotopic (exact) mass is 367 g/mol. The van der Waals surface area contributed by atoms with Crippen molar-refractivity contribution in [3.8, 4) is 0 Å². The molecule has 1 amide bonds. The van der Waals surface area contributed by atoms with E-state index in [1.165, 1.54) is 18.4 Å². The molecule has 1 fully saturated rings. The quantitative estimate of drug-likeness (QED) is 0.857. The van der Waals surface area contributed by atoms with Gasteiger partial charge in [0, 0.05) is 33.2 Å². The molecule has 0 radical (unpaired) electrons. The Morgan fingerprint density at radius 3 is 2.44 bits per heavy atom. The van der Waals surface area contributed by atoms with Gasteiger partial charge in [0.1, 0.15) is 0 Å². The Kier molecular flexibility index (Phi) is 6.24. The Labute approximate surface area is 151 Å². The van der Waals surface area contributed by atoms with Crippen molar-refractivity contribution in [2.24, 2.45) is 11.7 Å². The molecule has 7 heteroatoms. The van der Waals surface area contributed by atoms with Crippen molar-refractivity contribution >= 4 is 15.9 Å². The van der Waals surface area contributed by atoms with Gasteiger partial charge >= 0.3 is 0 Å². The highest BCUT2D eigenvalue weighted by molar-refractivity contribution is 7.89. The van der Waals surface area contributed by atoms with Crippen LogP contribution < -0.4 is 5.73 Å². The predicted octanol–water partition coefficient (Wildman–Crippen LogP) is 1.63. The van der Waals surface area contributed by atoms with Gasteiger partial charge in [-0.15, -0.1) is 0 Å². The van der Waals surface area contributed by atoms with Crippen LogP contribution >= 0.6 is 0 Å². The van der Waals surface area contributed by atoms with Crippen LogP contribution in [-0.4, -0.2) is 56.8 Å². The van der Waals surface area contributed by atoms with Crippen molar-refractivity contribution in [1.82, 2.24) is 9.21 Å². The molecule has 2 N–H and O–H groups in total. The number of likely N-dealkylation sites (tertiary alicyclic amines) is 1. The van der Waals surface area contributed by atoms with Gasteiger partial charge in [0.05, 0.1) is 10.8 Å². The van der Waals surface area contributed by atoms with Crippen molar-refractivity contribution in [2.75, 3.05) is 27.2 Å². The van der Waals surface area contributed by atoms with Crippen LogP contribution in [0.3, 0.4) is 0 Å². The first-order chi connectivity index (χ1) is 11.7. The summed E-state index contributed by atoms with van der Waals surface area (Å²) in [5.41, 5.74) is 6.68. The minimum atomic E-state index is -3.46.